The minimum atomic E-state index is -4.33. The molecule has 23 heavy (non-hydrogen) atoms. The molecule has 0 aromatic heterocycles. The van der Waals surface area contributed by atoms with Crippen LogP contribution >= 0.6 is 23.2 Å². The summed E-state index contributed by atoms with van der Waals surface area (Å²) in [4.78, 5) is -0.258. The van der Waals surface area contributed by atoms with E-state index in [1.54, 1.807) is 18.2 Å². The fraction of sp³-hybridized carbons (Fsp3) is 0.143. The van der Waals surface area contributed by atoms with Gasteiger partial charge in [0.1, 0.15) is 29.0 Å². The van der Waals surface area contributed by atoms with Crippen LogP contribution in [-0.2, 0) is 10.1 Å². The summed E-state index contributed by atoms with van der Waals surface area (Å²) in [6, 6.07) is 10.2. The van der Waals surface area contributed by atoms with Crippen LogP contribution in [-0.4, -0.2) is 26.1 Å². The fourth-order valence-corrected chi connectivity index (χ4v) is 2.34. The molecular formula is C14H16Cl2N2O4S. The molecule has 2 aromatic carbocycles. The van der Waals surface area contributed by atoms with Gasteiger partial charge in [-0.15, -0.1) is 0 Å². The summed E-state index contributed by atoms with van der Waals surface area (Å²) in [5.41, 5.74) is 9.36. The van der Waals surface area contributed by atoms with Gasteiger partial charge in [-0.3, -0.25) is 0 Å². The highest BCUT2D eigenvalue weighted by molar-refractivity contribution is 7.85. The number of benzene rings is 2. The topological polar surface area (TPSA) is 120 Å². The van der Waals surface area contributed by atoms with Crippen molar-refractivity contribution in [1.29, 1.82) is 0 Å². The third-order valence-corrected chi connectivity index (χ3v) is 3.84. The molecule has 0 saturated heterocycles. The second-order valence-corrected chi connectivity index (χ2v) is 6.52. The van der Waals surface area contributed by atoms with E-state index in [0.717, 1.165) is 6.54 Å². The molecular weight excluding hydrogens is 363 g/mol. The zero-order valence-electron chi connectivity index (χ0n) is 12.0. The van der Waals surface area contributed by atoms with E-state index in [1.807, 2.05) is 0 Å². The zero-order valence-corrected chi connectivity index (χ0v) is 14.4. The number of quaternary nitrogens is 1. The predicted octanol–water partition coefficient (Wildman–Crippen LogP) is 1.79. The Morgan fingerprint density at radius 2 is 1.74 bits per heavy atom. The lowest BCUT2D eigenvalue weighted by Crippen LogP contribution is -2.52. The Labute approximate surface area is 144 Å². The van der Waals surface area contributed by atoms with Crippen molar-refractivity contribution >= 4 is 39.0 Å². The van der Waals surface area contributed by atoms with Crippen molar-refractivity contribution in [3.8, 4) is 5.75 Å². The molecule has 0 aliphatic carbocycles. The number of nitrogen functional groups attached to an aromatic ring is 1. The van der Waals surface area contributed by atoms with Gasteiger partial charge in [0.15, 0.2) is 0 Å². The first-order chi connectivity index (χ1) is 10.7. The van der Waals surface area contributed by atoms with Crippen LogP contribution in [0, 0.1) is 0 Å². The molecule has 0 bridgehead atoms. The number of anilines is 1. The highest BCUT2D eigenvalue weighted by Gasteiger charge is 2.01. The van der Waals surface area contributed by atoms with E-state index in [-0.39, 0.29) is 4.90 Å². The van der Waals surface area contributed by atoms with Gasteiger partial charge >= 0.3 is 0 Å². The fourth-order valence-electron chi connectivity index (χ4n) is 1.41. The van der Waals surface area contributed by atoms with Gasteiger partial charge in [0.2, 0.25) is 0 Å². The van der Waals surface area contributed by atoms with Crippen molar-refractivity contribution in [2.45, 2.75) is 4.90 Å². The second kappa shape index (κ2) is 8.95. The maximum absolute atomic E-state index is 10.3. The lowest BCUT2D eigenvalue weighted by atomic mass is 10.3. The van der Waals surface area contributed by atoms with Gasteiger partial charge in [0.05, 0.1) is 9.92 Å². The van der Waals surface area contributed by atoms with Crippen LogP contribution in [0.2, 0.25) is 10.0 Å². The van der Waals surface area contributed by atoms with E-state index in [0.29, 0.717) is 28.1 Å². The molecule has 5 N–H and O–H groups in total. The van der Waals surface area contributed by atoms with Crippen molar-refractivity contribution in [2.24, 2.45) is 0 Å². The van der Waals surface area contributed by atoms with E-state index in [9.17, 15) is 13.0 Å². The zero-order chi connectivity index (χ0) is 17.5. The number of ether oxygens (including phenoxy) is 1. The Morgan fingerprint density at radius 3 is 2.22 bits per heavy atom. The minimum absolute atomic E-state index is 0.258. The predicted molar refractivity (Wildman–Crippen MR) is 88.5 cm³/mol. The summed E-state index contributed by atoms with van der Waals surface area (Å²) in [6.07, 6.45) is 0. The van der Waals surface area contributed by atoms with Crippen LogP contribution in [0.3, 0.4) is 0 Å². The van der Waals surface area contributed by atoms with Crippen LogP contribution in [0.4, 0.5) is 5.69 Å². The molecule has 0 aliphatic rings. The first kappa shape index (κ1) is 19.5. The third kappa shape index (κ3) is 7.06. The summed E-state index contributed by atoms with van der Waals surface area (Å²) >= 11 is 11.5. The van der Waals surface area contributed by atoms with Gasteiger partial charge in [-0.1, -0.05) is 23.2 Å². The lowest BCUT2D eigenvalue weighted by molar-refractivity contribution is -0.370. The third-order valence-electron chi connectivity index (χ3n) is 2.46. The largest absolute Gasteiger partial charge is 0.744 e. The van der Waals surface area contributed by atoms with E-state index < -0.39 is 10.1 Å². The molecule has 2 rings (SSSR count). The van der Waals surface area contributed by atoms with Crippen LogP contribution in [0.1, 0.15) is 0 Å². The Balaban J connectivity index is 0.000000231. The van der Waals surface area contributed by atoms with Crippen molar-refractivity contribution in [3.05, 3.63) is 52.5 Å². The molecule has 0 saturated carbocycles. The van der Waals surface area contributed by atoms with E-state index >= 15 is 0 Å². The number of halogens is 2. The summed E-state index contributed by atoms with van der Waals surface area (Å²) in [5.74, 6) is 0.657. The van der Waals surface area contributed by atoms with Gasteiger partial charge in [-0.2, -0.15) is 0 Å². The molecule has 0 aliphatic heterocycles. The Bertz CT molecular complexity index is 737. The van der Waals surface area contributed by atoms with Gasteiger partial charge < -0.3 is 20.8 Å². The molecule has 0 heterocycles. The average molecular weight is 379 g/mol. The van der Waals surface area contributed by atoms with Gasteiger partial charge in [-0.05, 0) is 42.5 Å². The normalized spacial score (nSPS) is 10.6. The Kier molecular flexibility index (Phi) is 7.60. The van der Waals surface area contributed by atoms with Crippen molar-refractivity contribution < 1.29 is 23.4 Å². The number of hydrogen-bond acceptors (Lipinski definition) is 5. The summed E-state index contributed by atoms with van der Waals surface area (Å²) in [7, 11) is -4.33. The highest BCUT2D eigenvalue weighted by Crippen LogP contribution is 2.27. The summed E-state index contributed by atoms with van der Waals surface area (Å²) in [6.45, 7) is 1.29. The van der Waals surface area contributed by atoms with E-state index in [4.69, 9.17) is 33.7 Å². The molecule has 6 nitrogen and oxygen atoms in total. The second-order valence-electron chi connectivity index (χ2n) is 4.30. The number of hydrogen-bond donors (Lipinski definition) is 2. The summed E-state index contributed by atoms with van der Waals surface area (Å²) < 4.78 is 36.3. The molecule has 0 amide bonds. The quantitative estimate of drug-likeness (QED) is 0.620. The molecule has 0 fully saturated rings. The van der Waals surface area contributed by atoms with Gasteiger partial charge in [0.25, 0.3) is 0 Å². The smallest absolute Gasteiger partial charge is 0.138 e. The SMILES string of the molecule is Nc1ccc(S(=O)(=O)[O-])cc1.[NH3+]CCOc1ccc(Cl)cc1Cl. The Hall–Kier alpha value is -1.51. The molecule has 0 unspecified atom stereocenters. The standard InChI is InChI=1S/C8H9Cl2NO.C6H7NO3S/c9-6-1-2-8(7(10)5-6)12-4-3-11;7-5-1-3-6(4-2-5)11(8,9)10/h1-2,5H,3-4,11H2;1-4H,7H2,(H,8,9,10). The first-order valence-corrected chi connectivity index (χ1v) is 8.59. The first-order valence-electron chi connectivity index (χ1n) is 6.42. The number of rotatable bonds is 4. The van der Waals surface area contributed by atoms with Crippen LogP contribution in [0.25, 0.3) is 0 Å². The molecule has 9 heteroatoms. The van der Waals surface area contributed by atoms with Crippen molar-refractivity contribution in [1.82, 2.24) is 0 Å². The van der Waals surface area contributed by atoms with Gasteiger partial charge in [-0.25, -0.2) is 8.42 Å². The van der Waals surface area contributed by atoms with Crippen molar-refractivity contribution in [2.75, 3.05) is 18.9 Å². The average Bonchev–Trinajstić information content (AvgIpc) is 2.46. The molecule has 0 spiro atoms. The van der Waals surface area contributed by atoms with Gasteiger partial charge in [0, 0.05) is 10.7 Å². The maximum atomic E-state index is 10.3. The lowest BCUT2D eigenvalue weighted by Gasteiger charge is -2.05. The van der Waals surface area contributed by atoms with Crippen LogP contribution in [0.15, 0.2) is 47.4 Å². The number of nitrogens with two attached hydrogens (primary N) is 1. The maximum Gasteiger partial charge on any atom is 0.138 e. The van der Waals surface area contributed by atoms with E-state index in [1.165, 1.54) is 24.3 Å². The van der Waals surface area contributed by atoms with Crippen LogP contribution < -0.4 is 16.2 Å². The molecule has 2 aromatic rings. The molecule has 0 radical (unpaired) electrons. The van der Waals surface area contributed by atoms with Crippen LogP contribution in [0.5, 0.6) is 5.75 Å². The molecule has 0 atom stereocenters. The van der Waals surface area contributed by atoms with Crippen molar-refractivity contribution in [3.63, 3.8) is 0 Å². The Morgan fingerprint density at radius 1 is 1.13 bits per heavy atom. The highest BCUT2D eigenvalue weighted by atomic mass is 35.5. The van der Waals surface area contributed by atoms with E-state index in [2.05, 4.69) is 5.73 Å². The summed E-state index contributed by atoms with van der Waals surface area (Å²) in [5, 5.41) is 1.15. The minimum Gasteiger partial charge on any atom is -0.744 e. The monoisotopic (exact) mass is 378 g/mol. The molecule has 126 valence electrons.